The number of carboxylic acid groups (broad SMARTS) is 1. The van der Waals surface area contributed by atoms with Gasteiger partial charge < -0.3 is 24.1 Å². The van der Waals surface area contributed by atoms with Gasteiger partial charge in [-0.15, -0.1) is 0 Å². The lowest BCUT2D eigenvalue weighted by atomic mass is 9.70. The van der Waals surface area contributed by atoms with Gasteiger partial charge in [-0.3, -0.25) is 0 Å². The number of esters is 3. The summed E-state index contributed by atoms with van der Waals surface area (Å²) in [6.45, 7) is 15.6. The van der Waals surface area contributed by atoms with Gasteiger partial charge in [-0.2, -0.15) is 0 Å². The Morgan fingerprint density at radius 3 is 1.75 bits per heavy atom. The predicted octanol–water partition coefficient (Wildman–Crippen LogP) is 4.08. The van der Waals surface area contributed by atoms with Crippen LogP contribution in [0, 0.1) is 5.41 Å². The van der Waals surface area contributed by atoms with Gasteiger partial charge in [0, 0.05) is 40.7 Å². The van der Waals surface area contributed by atoms with Crippen LogP contribution in [0.2, 0.25) is 0 Å². The molecule has 9 heteroatoms. The van der Waals surface area contributed by atoms with Crippen molar-refractivity contribution >= 4 is 23.9 Å². The summed E-state index contributed by atoms with van der Waals surface area (Å²) in [5, 5.41) is 10.2. The summed E-state index contributed by atoms with van der Waals surface area (Å²) in [6.07, 6.45) is 3.67. The van der Waals surface area contributed by atoms with Crippen molar-refractivity contribution in [2.75, 3.05) is 26.4 Å². The average molecular weight is 507 g/mol. The number of aliphatic carboxylic acids is 1. The first-order valence-electron chi connectivity index (χ1n) is 11.9. The number of hydrogen-bond acceptors (Lipinski definition) is 8. The lowest BCUT2D eigenvalue weighted by Gasteiger charge is -2.36. The standard InChI is InChI=1S/C27H38O9/c1-18(2)24(30)34-14-8-10-22(23(28)29)27(17-21-9-7-13-33-21,11-15-35-25(31)19(3)4)12-16-36-26(32)20(5)6/h10,21H,1,3,5,7-9,11-17H2,2,4,6H3,(H,28,29). The van der Waals surface area contributed by atoms with Gasteiger partial charge in [-0.25, -0.2) is 19.2 Å². The molecule has 1 rings (SSSR count). The molecule has 0 amide bonds. The Balaban J connectivity index is 3.27. The molecule has 9 nitrogen and oxygen atoms in total. The van der Waals surface area contributed by atoms with Crippen molar-refractivity contribution in [1.29, 1.82) is 0 Å². The lowest BCUT2D eigenvalue weighted by Crippen LogP contribution is -2.35. The van der Waals surface area contributed by atoms with Crippen LogP contribution in [0.4, 0.5) is 0 Å². The Morgan fingerprint density at radius 1 is 0.889 bits per heavy atom. The summed E-state index contributed by atoms with van der Waals surface area (Å²) < 4.78 is 21.5. The topological polar surface area (TPSA) is 125 Å². The second-order valence-electron chi connectivity index (χ2n) is 9.08. The molecule has 0 aromatic rings. The van der Waals surface area contributed by atoms with Crippen LogP contribution >= 0.6 is 0 Å². The number of ether oxygens (including phenoxy) is 4. The van der Waals surface area contributed by atoms with Gasteiger partial charge >= 0.3 is 23.9 Å². The Labute approximate surface area is 212 Å². The number of hydrogen-bond donors (Lipinski definition) is 1. The fraction of sp³-hybridized carbons (Fsp3) is 0.556. The molecule has 0 bridgehead atoms. The van der Waals surface area contributed by atoms with Crippen LogP contribution in [0.3, 0.4) is 0 Å². The van der Waals surface area contributed by atoms with Crippen LogP contribution in [0.5, 0.6) is 0 Å². The molecular formula is C27H38O9. The number of carbonyl (C=O) groups excluding carboxylic acids is 3. The smallest absolute Gasteiger partial charge is 0.333 e. The Bertz CT molecular complexity index is 859. The highest BCUT2D eigenvalue weighted by Crippen LogP contribution is 2.43. The molecule has 0 radical (unpaired) electrons. The maximum atomic E-state index is 12.5. The predicted molar refractivity (Wildman–Crippen MR) is 133 cm³/mol. The fourth-order valence-electron chi connectivity index (χ4n) is 3.88. The molecule has 1 fully saturated rings. The molecule has 0 aromatic carbocycles. The molecule has 1 atom stereocenters. The Kier molecular flexibility index (Phi) is 12.9. The summed E-state index contributed by atoms with van der Waals surface area (Å²) >= 11 is 0. The van der Waals surface area contributed by atoms with Crippen LogP contribution in [-0.2, 0) is 38.1 Å². The van der Waals surface area contributed by atoms with Crippen LogP contribution in [0.25, 0.3) is 0 Å². The highest BCUT2D eigenvalue weighted by atomic mass is 16.5. The first kappa shape index (κ1) is 30.8. The SMILES string of the molecule is C=C(C)C(=O)OCCC=C(C(=O)O)C(CCOC(=O)C(=C)C)(CCOC(=O)C(=C)C)CC1CCCO1. The van der Waals surface area contributed by atoms with E-state index in [2.05, 4.69) is 19.7 Å². The number of rotatable bonds is 16. The van der Waals surface area contributed by atoms with E-state index in [1.807, 2.05) is 0 Å². The molecular weight excluding hydrogens is 468 g/mol. The van der Waals surface area contributed by atoms with Crippen molar-refractivity contribution in [3.8, 4) is 0 Å². The van der Waals surface area contributed by atoms with Crippen LogP contribution in [0.15, 0.2) is 48.1 Å². The van der Waals surface area contributed by atoms with Gasteiger partial charge in [-0.1, -0.05) is 25.8 Å². The third-order valence-corrected chi connectivity index (χ3v) is 5.82. The summed E-state index contributed by atoms with van der Waals surface area (Å²) in [6, 6.07) is 0. The molecule has 36 heavy (non-hydrogen) atoms. The minimum atomic E-state index is -1.17. The first-order valence-corrected chi connectivity index (χ1v) is 11.9. The van der Waals surface area contributed by atoms with Crippen molar-refractivity contribution < 1.29 is 43.2 Å². The maximum Gasteiger partial charge on any atom is 0.333 e. The quantitative estimate of drug-likeness (QED) is 0.143. The number of carboxylic acids is 1. The third-order valence-electron chi connectivity index (χ3n) is 5.82. The van der Waals surface area contributed by atoms with Crippen molar-refractivity contribution in [2.24, 2.45) is 5.41 Å². The molecule has 1 aliphatic rings. The van der Waals surface area contributed by atoms with Crippen molar-refractivity contribution in [2.45, 2.75) is 65.4 Å². The van der Waals surface area contributed by atoms with Crippen LogP contribution in [0.1, 0.15) is 59.3 Å². The van der Waals surface area contributed by atoms with E-state index >= 15 is 0 Å². The first-order chi connectivity index (χ1) is 16.9. The molecule has 1 heterocycles. The lowest BCUT2D eigenvalue weighted by molar-refractivity contribution is -0.141. The van der Waals surface area contributed by atoms with Gasteiger partial charge in [0.2, 0.25) is 0 Å². The molecule has 1 unspecified atom stereocenters. The van der Waals surface area contributed by atoms with E-state index in [1.54, 1.807) is 0 Å². The van der Waals surface area contributed by atoms with E-state index in [1.165, 1.54) is 26.8 Å². The van der Waals surface area contributed by atoms with E-state index in [0.717, 1.165) is 12.8 Å². The Morgan fingerprint density at radius 2 is 1.36 bits per heavy atom. The maximum absolute atomic E-state index is 12.5. The normalized spacial score (nSPS) is 15.6. The van der Waals surface area contributed by atoms with Gasteiger partial charge in [-0.05, 0) is 52.9 Å². The second-order valence-corrected chi connectivity index (χ2v) is 9.08. The van der Waals surface area contributed by atoms with Gasteiger partial charge in [0.1, 0.15) is 0 Å². The van der Waals surface area contributed by atoms with E-state index < -0.39 is 29.3 Å². The van der Waals surface area contributed by atoms with Crippen molar-refractivity contribution in [3.63, 3.8) is 0 Å². The molecule has 1 aliphatic heterocycles. The highest BCUT2D eigenvalue weighted by molar-refractivity contribution is 5.89. The van der Waals surface area contributed by atoms with Crippen molar-refractivity contribution in [1.82, 2.24) is 0 Å². The monoisotopic (exact) mass is 506 g/mol. The van der Waals surface area contributed by atoms with E-state index in [0.29, 0.717) is 13.0 Å². The van der Waals surface area contributed by atoms with Gasteiger partial charge in [0.15, 0.2) is 0 Å². The zero-order chi connectivity index (χ0) is 27.3. The van der Waals surface area contributed by atoms with E-state index in [9.17, 15) is 24.3 Å². The molecule has 0 aliphatic carbocycles. The summed E-state index contributed by atoms with van der Waals surface area (Å²) in [7, 11) is 0. The molecule has 0 aromatic heterocycles. The van der Waals surface area contributed by atoms with Crippen LogP contribution in [-0.4, -0.2) is 61.5 Å². The largest absolute Gasteiger partial charge is 0.478 e. The third kappa shape index (κ3) is 10.2. The molecule has 0 spiro atoms. The zero-order valence-electron chi connectivity index (χ0n) is 21.6. The summed E-state index contributed by atoms with van der Waals surface area (Å²) in [4.78, 5) is 48.1. The van der Waals surface area contributed by atoms with Crippen molar-refractivity contribution in [3.05, 3.63) is 48.1 Å². The summed E-state index contributed by atoms with van der Waals surface area (Å²) in [5.74, 6) is -2.90. The zero-order valence-corrected chi connectivity index (χ0v) is 21.6. The molecule has 0 saturated carbocycles. The number of carbonyl (C=O) groups is 4. The average Bonchev–Trinajstić information content (AvgIpc) is 3.30. The Hall–Kier alpha value is -3.20. The summed E-state index contributed by atoms with van der Waals surface area (Å²) in [5.41, 5.74) is -0.304. The van der Waals surface area contributed by atoms with Crippen LogP contribution < -0.4 is 0 Å². The van der Waals surface area contributed by atoms with Gasteiger partial charge in [0.05, 0.1) is 25.9 Å². The highest BCUT2D eigenvalue weighted by Gasteiger charge is 2.41. The van der Waals surface area contributed by atoms with E-state index in [-0.39, 0.29) is 67.5 Å². The minimum absolute atomic E-state index is 0.0340. The molecule has 200 valence electrons. The molecule has 1 saturated heterocycles. The van der Waals surface area contributed by atoms with Gasteiger partial charge in [0.25, 0.3) is 0 Å². The minimum Gasteiger partial charge on any atom is -0.478 e. The van der Waals surface area contributed by atoms with E-state index in [4.69, 9.17) is 18.9 Å². The fourth-order valence-corrected chi connectivity index (χ4v) is 3.88. The second kappa shape index (κ2) is 15.0. The molecule has 1 N–H and O–H groups in total.